The summed E-state index contributed by atoms with van der Waals surface area (Å²) in [5.74, 6) is 0.206. The number of hydrazone groups is 1. The Morgan fingerprint density at radius 3 is 1.67 bits per heavy atom. The van der Waals surface area contributed by atoms with Crippen molar-refractivity contribution < 1.29 is 4.74 Å². The van der Waals surface area contributed by atoms with E-state index in [-0.39, 0.29) is 29.2 Å². The number of hydrogen-bond acceptors (Lipinski definition) is 3. The van der Waals surface area contributed by atoms with Gasteiger partial charge in [-0.05, 0) is 37.2 Å². The molecule has 0 unspecified atom stereocenters. The van der Waals surface area contributed by atoms with Crippen molar-refractivity contribution in [3.8, 4) is 0 Å². The second-order valence-corrected chi connectivity index (χ2v) is 7.83. The van der Waals surface area contributed by atoms with E-state index >= 15 is 0 Å². The van der Waals surface area contributed by atoms with Gasteiger partial charge in [-0.25, -0.2) is 0 Å². The largest absolute Gasteiger partial charge is 0.375 e. The fourth-order valence-corrected chi connectivity index (χ4v) is 3.73. The highest BCUT2D eigenvalue weighted by Gasteiger charge is 2.40. The summed E-state index contributed by atoms with van der Waals surface area (Å²) in [5.41, 5.74) is 14.2. The lowest BCUT2D eigenvalue weighted by molar-refractivity contribution is -0.0638. The molecule has 4 nitrogen and oxygen atoms in total. The zero-order valence-corrected chi connectivity index (χ0v) is 17.1. The van der Waals surface area contributed by atoms with E-state index in [2.05, 4.69) is 86.8 Å². The van der Waals surface area contributed by atoms with E-state index in [4.69, 9.17) is 22.7 Å². The molecule has 3 N–H and O–H groups in total. The summed E-state index contributed by atoms with van der Waals surface area (Å²) in [6.45, 7) is 8.47. The summed E-state index contributed by atoms with van der Waals surface area (Å²) in [7, 11) is 0. The topological polar surface area (TPSA) is 59.6 Å². The first-order chi connectivity index (χ1) is 12.9. The van der Waals surface area contributed by atoms with Gasteiger partial charge in [0, 0.05) is 17.5 Å². The van der Waals surface area contributed by atoms with Gasteiger partial charge in [0.2, 0.25) is 0 Å². The summed E-state index contributed by atoms with van der Waals surface area (Å²) in [6.07, 6.45) is -0.167. The Bertz CT molecular complexity index is 770. The molecule has 0 spiro atoms. The third-order valence-corrected chi connectivity index (χ3v) is 5.33. The van der Waals surface area contributed by atoms with Crippen LogP contribution in [0.15, 0.2) is 53.6 Å². The molecule has 27 heavy (non-hydrogen) atoms. The molecule has 1 aliphatic heterocycles. The summed E-state index contributed by atoms with van der Waals surface area (Å²) in [5, 5.41) is 4.73. The van der Waals surface area contributed by atoms with Gasteiger partial charge in [-0.2, -0.15) is 5.10 Å². The van der Waals surface area contributed by atoms with E-state index in [1.54, 1.807) is 0 Å². The minimum Gasteiger partial charge on any atom is -0.375 e. The minimum atomic E-state index is -0.0833. The molecule has 1 aliphatic rings. The fourth-order valence-electron chi connectivity index (χ4n) is 3.69. The van der Waals surface area contributed by atoms with Gasteiger partial charge in [-0.1, -0.05) is 73.5 Å². The molecule has 142 valence electrons. The molecule has 0 aliphatic carbocycles. The Morgan fingerprint density at radius 1 is 0.889 bits per heavy atom. The third kappa shape index (κ3) is 4.37. The molecule has 1 heterocycles. The zero-order valence-electron chi connectivity index (χ0n) is 16.3. The number of hydrogen-bond donors (Lipinski definition) is 2. The predicted octanol–water partition coefficient (Wildman–Crippen LogP) is 4.58. The number of benzene rings is 2. The highest BCUT2D eigenvalue weighted by molar-refractivity contribution is 7.80. The van der Waals surface area contributed by atoms with Crippen LogP contribution in [0.2, 0.25) is 0 Å². The summed E-state index contributed by atoms with van der Waals surface area (Å²) in [6, 6.07) is 17.0. The van der Waals surface area contributed by atoms with E-state index in [0.717, 1.165) is 16.8 Å². The molecule has 2 aromatic rings. The first-order valence-electron chi connectivity index (χ1n) is 9.28. The number of nitrogens with one attached hydrogen (secondary N) is 1. The monoisotopic (exact) mass is 381 g/mol. The predicted molar refractivity (Wildman–Crippen MR) is 115 cm³/mol. The summed E-state index contributed by atoms with van der Waals surface area (Å²) >= 11 is 4.94. The van der Waals surface area contributed by atoms with Crippen LogP contribution in [0.5, 0.6) is 0 Å². The molecular weight excluding hydrogens is 354 g/mol. The van der Waals surface area contributed by atoms with Crippen LogP contribution < -0.4 is 11.2 Å². The number of nitrogens with zero attached hydrogens (tertiary/aromatic N) is 1. The van der Waals surface area contributed by atoms with Crippen LogP contribution in [0, 0.1) is 25.7 Å². The first kappa shape index (κ1) is 19.5. The van der Waals surface area contributed by atoms with E-state index in [9.17, 15) is 0 Å². The van der Waals surface area contributed by atoms with Gasteiger partial charge in [0.15, 0.2) is 5.11 Å². The molecule has 4 atom stereocenters. The molecule has 3 rings (SSSR count). The van der Waals surface area contributed by atoms with Crippen molar-refractivity contribution in [2.75, 3.05) is 0 Å². The highest BCUT2D eigenvalue weighted by atomic mass is 32.1. The third-order valence-electron chi connectivity index (χ3n) is 5.24. The van der Waals surface area contributed by atoms with Crippen molar-refractivity contribution in [1.82, 2.24) is 5.43 Å². The Balaban J connectivity index is 2.00. The molecule has 0 bridgehead atoms. The number of thiocarbonyl (C=S) groups is 1. The van der Waals surface area contributed by atoms with Crippen LogP contribution in [0.25, 0.3) is 0 Å². The van der Waals surface area contributed by atoms with E-state index in [0.29, 0.717) is 0 Å². The van der Waals surface area contributed by atoms with Gasteiger partial charge in [0.05, 0.1) is 12.2 Å². The lowest BCUT2D eigenvalue weighted by atomic mass is 9.79. The molecule has 0 aromatic heterocycles. The molecule has 1 saturated heterocycles. The second kappa shape index (κ2) is 8.19. The van der Waals surface area contributed by atoms with Crippen molar-refractivity contribution in [3.63, 3.8) is 0 Å². The molecule has 1 fully saturated rings. The Labute approximate surface area is 166 Å². The maximum absolute atomic E-state index is 6.63. The second-order valence-electron chi connectivity index (χ2n) is 7.39. The summed E-state index contributed by atoms with van der Waals surface area (Å²) < 4.78 is 6.63. The van der Waals surface area contributed by atoms with Crippen molar-refractivity contribution >= 4 is 23.0 Å². The van der Waals surface area contributed by atoms with Crippen LogP contribution in [-0.4, -0.2) is 10.8 Å². The Morgan fingerprint density at radius 2 is 1.30 bits per heavy atom. The number of ether oxygens (including phenoxy) is 1. The maximum Gasteiger partial charge on any atom is 0.184 e. The molecule has 5 heteroatoms. The van der Waals surface area contributed by atoms with Crippen LogP contribution in [-0.2, 0) is 4.74 Å². The SMILES string of the molecule is Cc1ccc([C@H]2O[C@@H](c3ccc(C)cc3)[C@H](C)C(=NNC(N)=S)[C@H]2C)cc1. The van der Waals surface area contributed by atoms with Crippen LogP contribution >= 0.6 is 12.2 Å². The van der Waals surface area contributed by atoms with Crippen molar-refractivity contribution in [3.05, 3.63) is 70.8 Å². The van der Waals surface area contributed by atoms with E-state index < -0.39 is 0 Å². The fraction of sp³-hybridized carbons (Fsp3) is 0.364. The van der Waals surface area contributed by atoms with Crippen LogP contribution in [0.1, 0.15) is 48.3 Å². The number of nitrogens with two attached hydrogens (primary N) is 1. The molecule has 0 saturated carbocycles. The Hall–Kier alpha value is -2.24. The Kier molecular flexibility index (Phi) is 5.92. The highest BCUT2D eigenvalue weighted by Crippen LogP contribution is 2.44. The van der Waals surface area contributed by atoms with Gasteiger partial charge in [-0.15, -0.1) is 0 Å². The van der Waals surface area contributed by atoms with Crippen molar-refractivity contribution in [2.45, 2.75) is 39.9 Å². The first-order valence-corrected chi connectivity index (χ1v) is 9.69. The maximum atomic E-state index is 6.63. The van der Waals surface area contributed by atoms with Gasteiger partial charge in [-0.3, -0.25) is 5.43 Å². The van der Waals surface area contributed by atoms with Crippen molar-refractivity contribution in [2.24, 2.45) is 22.7 Å². The van der Waals surface area contributed by atoms with E-state index in [1.807, 2.05) is 0 Å². The average molecular weight is 382 g/mol. The number of aryl methyl sites for hydroxylation is 2. The average Bonchev–Trinajstić information content (AvgIpc) is 2.63. The minimum absolute atomic E-state index is 0.0833. The van der Waals surface area contributed by atoms with Gasteiger partial charge < -0.3 is 10.5 Å². The lowest BCUT2D eigenvalue weighted by Gasteiger charge is -2.40. The molecule has 2 aromatic carbocycles. The van der Waals surface area contributed by atoms with Crippen LogP contribution in [0.4, 0.5) is 0 Å². The standard InChI is InChI=1S/C22H27N3OS/c1-13-5-9-17(10-6-13)20-15(3)19(24-25-22(23)27)16(4)21(26-20)18-11-7-14(2)8-12-18/h5-12,15-16,20-21H,1-4H3,(H3,23,25,27)/t15-,16-,20-,21+/m1/s1. The molecule has 0 radical (unpaired) electrons. The van der Waals surface area contributed by atoms with E-state index in [1.165, 1.54) is 11.1 Å². The van der Waals surface area contributed by atoms with Gasteiger partial charge >= 0.3 is 0 Å². The number of rotatable bonds is 3. The van der Waals surface area contributed by atoms with Crippen LogP contribution in [0.3, 0.4) is 0 Å². The zero-order chi connectivity index (χ0) is 19.6. The van der Waals surface area contributed by atoms with Gasteiger partial charge in [0.1, 0.15) is 0 Å². The smallest absolute Gasteiger partial charge is 0.184 e. The van der Waals surface area contributed by atoms with Gasteiger partial charge in [0.25, 0.3) is 0 Å². The molecule has 0 amide bonds. The normalized spacial score (nSPS) is 26.7. The lowest BCUT2D eigenvalue weighted by Crippen LogP contribution is -2.40. The quantitative estimate of drug-likeness (QED) is 0.604. The summed E-state index contributed by atoms with van der Waals surface area (Å²) in [4.78, 5) is 0. The van der Waals surface area contributed by atoms with Crippen molar-refractivity contribution in [1.29, 1.82) is 0 Å². The molecular formula is C22H27N3OS.